The van der Waals surface area contributed by atoms with Gasteiger partial charge in [-0.05, 0) is 13.0 Å². The predicted octanol–water partition coefficient (Wildman–Crippen LogP) is 1.28. The molecular formula is C13H20N2O3. The highest BCUT2D eigenvalue weighted by Crippen LogP contribution is 2.39. The van der Waals surface area contributed by atoms with Crippen LogP contribution in [-0.2, 0) is 9.47 Å². The summed E-state index contributed by atoms with van der Waals surface area (Å²) in [6.07, 6.45) is 3.78. The molecule has 100 valence electrons. The lowest BCUT2D eigenvalue weighted by Crippen LogP contribution is -2.44. The van der Waals surface area contributed by atoms with Crippen molar-refractivity contribution in [2.24, 2.45) is 0 Å². The normalized spacial score (nSPS) is 20.6. The van der Waals surface area contributed by atoms with Gasteiger partial charge < -0.3 is 20.3 Å². The Labute approximate surface area is 107 Å². The largest absolute Gasteiger partial charge is 0.398 e. The van der Waals surface area contributed by atoms with Crippen LogP contribution in [-0.4, -0.2) is 35.5 Å². The number of nitrogens with two attached hydrogens (primary N) is 1. The maximum Gasteiger partial charge on any atom is 0.112 e. The van der Waals surface area contributed by atoms with Crippen molar-refractivity contribution in [3.63, 3.8) is 0 Å². The molecular weight excluding hydrogens is 232 g/mol. The zero-order valence-corrected chi connectivity index (χ0v) is 10.6. The van der Waals surface area contributed by atoms with Crippen LogP contribution < -0.4 is 5.73 Å². The first-order valence-corrected chi connectivity index (χ1v) is 6.29. The summed E-state index contributed by atoms with van der Waals surface area (Å²) in [6, 6.07) is 1.69. The van der Waals surface area contributed by atoms with Crippen molar-refractivity contribution in [3.8, 4) is 0 Å². The van der Waals surface area contributed by atoms with E-state index >= 15 is 0 Å². The third-order valence-corrected chi connectivity index (χ3v) is 3.45. The van der Waals surface area contributed by atoms with Crippen molar-refractivity contribution in [2.75, 3.05) is 25.6 Å². The Bertz CT molecular complexity index is 386. The molecule has 0 bridgehead atoms. The number of ether oxygens (including phenoxy) is 2. The average Bonchev–Trinajstić information content (AvgIpc) is 2.40. The number of hydrogen-bond acceptors (Lipinski definition) is 5. The lowest BCUT2D eigenvalue weighted by atomic mass is 9.84. The number of aromatic nitrogens is 1. The minimum absolute atomic E-state index is 0.545. The highest BCUT2D eigenvalue weighted by Gasteiger charge is 2.42. The summed E-state index contributed by atoms with van der Waals surface area (Å²) in [5, 5.41) is 10.6. The molecule has 0 radical (unpaired) electrons. The highest BCUT2D eigenvalue weighted by molar-refractivity contribution is 5.46. The second-order valence-corrected chi connectivity index (χ2v) is 4.52. The lowest BCUT2D eigenvalue weighted by Gasteiger charge is -2.40. The number of nitrogens with zero attached hydrogens (tertiary/aromatic N) is 1. The highest BCUT2D eigenvalue weighted by atomic mass is 16.5. The summed E-state index contributed by atoms with van der Waals surface area (Å²) in [6.45, 7) is 3.67. The van der Waals surface area contributed by atoms with Crippen LogP contribution in [0.2, 0.25) is 0 Å². The average molecular weight is 252 g/mol. The van der Waals surface area contributed by atoms with Crippen molar-refractivity contribution in [1.29, 1.82) is 0 Å². The number of aliphatic hydroxyl groups is 1. The molecule has 0 aromatic carbocycles. The van der Waals surface area contributed by atoms with Crippen LogP contribution in [0.3, 0.4) is 0 Å². The molecule has 1 aromatic rings. The van der Waals surface area contributed by atoms with E-state index in [1.807, 2.05) is 6.92 Å². The number of nitrogen functional groups attached to an aromatic ring is 1. The van der Waals surface area contributed by atoms with E-state index in [1.165, 1.54) is 0 Å². The van der Waals surface area contributed by atoms with E-state index < -0.39 is 11.7 Å². The summed E-state index contributed by atoms with van der Waals surface area (Å²) < 4.78 is 11.2. The molecule has 1 fully saturated rings. The van der Waals surface area contributed by atoms with Gasteiger partial charge in [-0.2, -0.15) is 0 Å². The smallest absolute Gasteiger partial charge is 0.112 e. The molecule has 0 saturated carbocycles. The zero-order valence-electron chi connectivity index (χ0n) is 10.6. The third kappa shape index (κ3) is 2.48. The van der Waals surface area contributed by atoms with Gasteiger partial charge in [0, 0.05) is 56.3 Å². The Morgan fingerprint density at radius 1 is 1.56 bits per heavy atom. The molecule has 1 aliphatic heterocycles. The van der Waals surface area contributed by atoms with Crippen LogP contribution in [0.5, 0.6) is 0 Å². The Morgan fingerprint density at radius 3 is 2.89 bits per heavy atom. The van der Waals surface area contributed by atoms with Gasteiger partial charge in [-0.25, -0.2) is 0 Å². The topological polar surface area (TPSA) is 77.6 Å². The lowest BCUT2D eigenvalue weighted by molar-refractivity contribution is -0.167. The fraction of sp³-hybridized carbons (Fsp3) is 0.615. The Hall–Kier alpha value is -1.17. The van der Waals surface area contributed by atoms with Gasteiger partial charge in [0.25, 0.3) is 0 Å². The van der Waals surface area contributed by atoms with Crippen molar-refractivity contribution in [3.05, 3.63) is 24.0 Å². The monoisotopic (exact) mass is 252 g/mol. The molecule has 18 heavy (non-hydrogen) atoms. The predicted molar refractivity (Wildman–Crippen MR) is 68.0 cm³/mol. The van der Waals surface area contributed by atoms with E-state index in [2.05, 4.69) is 4.98 Å². The number of rotatable bonds is 4. The van der Waals surface area contributed by atoms with Gasteiger partial charge >= 0.3 is 0 Å². The van der Waals surface area contributed by atoms with Gasteiger partial charge in [-0.1, -0.05) is 0 Å². The van der Waals surface area contributed by atoms with Crippen molar-refractivity contribution in [2.45, 2.75) is 31.5 Å². The van der Waals surface area contributed by atoms with Gasteiger partial charge in [-0.3, -0.25) is 4.98 Å². The summed E-state index contributed by atoms with van der Waals surface area (Å²) in [5.74, 6) is 0. The van der Waals surface area contributed by atoms with Crippen molar-refractivity contribution >= 4 is 5.69 Å². The maximum atomic E-state index is 10.6. The molecule has 2 heterocycles. The number of aliphatic hydroxyl groups excluding tert-OH is 1. The van der Waals surface area contributed by atoms with Crippen molar-refractivity contribution in [1.82, 2.24) is 4.98 Å². The number of anilines is 1. The molecule has 1 unspecified atom stereocenters. The van der Waals surface area contributed by atoms with E-state index in [4.69, 9.17) is 15.2 Å². The van der Waals surface area contributed by atoms with Gasteiger partial charge in [0.2, 0.25) is 0 Å². The summed E-state index contributed by atoms with van der Waals surface area (Å²) >= 11 is 0. The molecule has 2 rings (SSSR count). The number of pyridine rings is 1. The van der Waals surface area contributed by atoms with Crippen LogP contribution in [0.4, 0.5) is 5.69 Å². The zero-order chi connectivity index (χ0) is 13.0. The van der Waals surface area contributed by atoms with E-state index in [-0.39, 0.29) is 0 Å². The van der Waals surface area contributed by atoms with Gasteiger partial charge in [0.15, 0.2) is 0 Å². The first-order chi connectivity index (χ1) is 8.69. The summed E-state index contributed by atoms with van der Waals surface area (Å²) in [7, 11) is 0. The fourth-order valence-electron chi connectivity index (χ4n) is 2.43. The molecule has 1 atom stereocenters. The molecule has 1 saturated heterocycles. The first kappa shape index (κ1) is 13.3. The van der Waals surface area contributed by atoms with E-state index in [1.54, 1.807) is 18.5 Å². The van der Waals surface area contributed by atoms with E-state index in [9.17, 15) is 5.11 Å². The molecule has 5 heteroatoms. The van der Waals surface area contributed by atoms with Crippen LogP contribution in [0, 0.1) is 0 Å². The molecule has 3 N–H and O–H groups in total. The van der Waals surface area contributed by atoms with Gasteiger partial charge in [0.05, 0.1) is 0 Å². The Balaban J connectivity index is 2.28. The quantitative estimate of drug-likeness (QED) is 0.844. The summed E-state index contributed by atoms with van der Waals surface area (Å²) in [5.41, 5.74) is 6.47. The molecule has 0 spiro atoms. The minimum atomic E-state index is -0.768. The van der Waals surface area contributed by atoms with Gasteiger partial charge in [0.1, 0.15) is 11.7 Å². The number of hydrogen-bond donors (Lipinski definition) is 2. The molecule has 0 amide bonds. The summed E-state index contributed by atoms with van der Waals surface area (Å²) in [4.78, 5) is 4.03. The second kappa shape index (κ2) is 5.65. The standard InChI is InChI=1S/C13H20N2O3/c1-2-18-13(4-7-17-8-5-13)12(16)10-9-15-6-3-11(10)14/h3,6,9,12,16H,2,4-5,7-8H2,1H3,(H2,14,15). The van der Waals surface area contributed by atoms with Crippen LogP contribution >= 0.6 is 0 Å². The van der Waals surface area contributed by atoms with Gasteiger partial charge in [-0.15, -0.1) is 0 Å². The van der Waals surface area contributed by atoms with Crippen molar-refractivity contribution < 1.29 is 14.6 Å². The molecule has 0 aliphatic carbocycles. The minimum Gasteiger partial charge on any atom is -0.398 e. The maximum absolute atomic E-state index is 10.6. The first-order valence-electron chi connectivity index (χ1n) is 6.29. The van der Waals surface area contributed by atoms with E-state index in [0.717, 1.165) is 0 Å². The van der Waals surface area contributed by atoms with E-state index in [0.29, 0.717) is 43.9 Å². The van der Waals surface area contributed by atoms with Crippen LogP contribution in [0.1, 0.15) is 31.4 Å². The Morgan fingerprint density at radius 2 is 2.28 bits per heavy atom. The van der Waals surface area contributed by atoms with Crippen LogP contribution in [0.25, 0.3) is 0 Å². The third-order valence-electron chi connectivity index (χ3n) is 3.45. The SMILES string of the molecule is CCOC1(C(O)c2cnccc2N)CCOCC1. The fourth-order valence-corrected chi connectivity index (χ4v) is 2.43. The van der Waals surface area contributed by atoms with Crippen LogP contribution in [0.15, 0.2) is 18.5 Å². The molecule has 5 nitrogen and oxygen atoms in total. The second-order valence-electron chi connectivity index (χ2n) is 4.52. The molecule has 1 aliphatic rings. The molecule has 1 aromatic heterocycles. The Kier molecular flexibility index (Phi) is 4.16.